The molecule has 1 amide bonds. The maximum Gasteiger partial charge on any atom is 0.262 e. The quantitative estimate of drug-likeness (QED) is 0.866. The lowest BCUT2D eigenvalue weighted by Crippen LogP contribution is -2.29. The molecule has 1 heterocycles. The van der Waals surface area contributed by atoms with Crippen molar-refractivity contribution < 1.29 is 13.2 Å². The summed E-state index contributed by atoms with van der Waals surface area (Å²) in [6, 6.07) is 11.6. The summed E-state index contributed by atoms with van der Waals surface area (Å²) in [4.78, 5) is 16.6. The number of rotatable bonds is 4. The van der Waals surface area contributed by atoms with E-state index in [2.05, 4.69) is 15.0 Å². The molecule has 7 heteroatoms. The van der Waals surface area contributed by atoms with Gasteiger partial charge in [-0.05, 0) is 61.7 Å². The number of anilines is 1. The van der Waals surface area contributed by atoms with Crippen LogP contribution in [0.3, 0.4) is 0 Å². The van der Waals surface area contributed by atoms with E-state index in [0.717, 1.165) is 17.5 Å². The molecule has 3 rings (SSSR count). The summed E-state index contributed by atoms with van der Waals surface area (Å²) in [6.07, 6.45) is 1.48. The zero-order valence-corrected chi connectivity index (χ0v) is 15.6. The largest absolute Gasteiger partial charge is 0.322 e. The second-order valence-corrected chi connectivity index (χ2v) is 8.00. The third-order valence-electron chi connectivity index (χ3n) is 4.30. The summed E-state index contributed by atoms with van der Waals surface area (Å²) in [5, 5.41) is 2.75. The molecule has 1 aliphatic heterocycles. The molecule has 0 saturated carbocycles. The van der Waals surface area contributed by atoms with Crippen molar-refractivity contribution in [1.29, 1.82) is 0 Å². The second kappa shape index (κ2) is 7.29. The van der Waals surface area contributed by atoms with Crippen molar-refractivity contribution in [2.45, 2.75) is 31.6 Å². The zero-order chi connectivity index (χ0) is 18.7. The Morgan fingerprint density at radius 3 is 2.58 bits per heavy atom. The highest BCUT2D eigenvalue weighted by molar-refractivity contribution is 7.90. The van der Waals surface area contributed by atoms with Crippen LogP contribution in [0.2, 0.25) is 0 Å². The molecule has 1 aliphatic rings. The van der Waals surface area contributed by atoms with Gasteiger partial charge in [0.05, 0.1) is 4.90 Å². The predicted octanol–water partition coefficient (Wildman–Crippen LogP) is 3.03. The molecule has 0 bridgehead atoms. The molecular weight excluding hydrogens is 350 g/mol. The van der Waals surface area contributed by atoms with E-state index >= 15 is 0 Å². The Morgan fingerprint density at radius 2 is 1.88 bits per heavy atom. The van der Waals surface area contributed by atoms with Gasteiger partial charge in [0, 0.05) is 24.2 Å². The topological polar surface area (TPSA) is 87.6 Å². The summed E-state index contributed by atoms with van der Waals surface area (Å²) in [7, 11) is -3.71. The highest BCUT2D eigenvalue weighted by Crippen LogP contribution is 2.18. The fraction of sp³-hybridized carbons (Fsp3) is 0.263. The summed E-state index contributed by atoms with van der Waals surface area (Å²) >= 11 is 0. The summed E-state index contributed by atoms with van der Waals surface area (Å²) in [6.45, 7) is 4.56. The van der Waals surface area contributed by atoms with Crippen molar-refractivity contribution >= 4 is 27.5 Å². The fourth-order valence-electron chi connectivity index (χ4n) is 2.66. The number of nitrogens with zero attached hydrogens (tertiary/aromatic N) is 1. The minimum Gasteiger partial charge on any atom is -0.322 e. The molecule has 0 spiro atoms. The lowest BCUT2D eigenvalue weighted by molar-refractivity contribution is 0.102. The molecule has 0 radical (unpaired) electrons. The van der Waals surface area contributed by atoms with E-state index in [4.69, 9.17) is 0 Å². The van der Waals surface area contributed by atoms with Gasteiger partial charge in [0.15, 0.2) is 0 Å². The van der Waals surface area contributed by atoms with Crippen molar-refractivity contribution in [3.05, 3.63) is 59.2 Å². The van der Waals surface area contributed by atoms with Gasteiger partial charge in [0.1, 0.15) is 5.84 Å². The Morgan fingerprint density at radius 1 is 1.08 bits per heavy atom. The van der Waals surface area contributed by atoms with E-state index in [-0.39, 0.29) is 10.8 Å². The third-order valence-corrected chi connectivity index (χ3v) is 5.68. The Balaban J connectivity index is 1.78. The van der Waals surface area contributed by atoms with Crippen LogP contribution in [0.25, 0.3) is 0 Å². The first kappa shape index (κ1) is 18.1. The molecule has 0 fully saturated rings. The molecule has 0 unspecified atom stereocenters. The third kappa shape index (κ3) is 4.11. The van der Waals surface area contributed by atoms with Gasteiger partial charge in [-0.15, -0.1) is 0 Å². The van der Waals surface area contributed by atoms with Gasteiger partial charge in [-0.3, -0.25) is 14.5 Å². The van der Waals surface area contributed by atoms with E-state index in [1.807, 2.05) is 26.0 Å². The molecule has 0 saturated heterocycles. The lowest BCUT2D eigenvalue weighted by atomic mass is 10.1. The summed E-state index contributed by atoms with van der Waals surface area (Å²) in [5.41, 5.74) is 3.08. The van der Waals surface area contributed by atoms with Crippen LogP contribution in [0.5, 0.6) is 0 Å². The number of carbonyl (C=O) groups excluding carboxylic acids is 1. The molecular formula is C19H21N3O3S. The molecule has 26 heavy (non-hydrogen) atoms. The van der Waals surface area contributed by atoms with E-state index < -0.39 is 10.0 Å². The number of carbonyl (C=O) groups is 1. The maximum atomic E-state index is 12.5. The van der Waals surface area contributed by atoms with Crippen LogP contribution in [-0.4, -0.2) is 26.7 Å². The average molecular weight is 371 g/mol. The number of nitrogens with one attached hydrogen (secondary N) is 2. The molecule has 2 aromatic carbocycles. The highest BCUT2D eigenvalue weighted by atomic mass is 32.2. The molecule has 0 atom stereocenters. The van der Waals surface area contributed by atoms with Crippen LogP contribution in [0, 0.1) is 13.8 Å². The summed E-state index contributed by atoms with van der Waals surface area (Å²) in [5.74, 6) is 0.199. The number of aryl methyl sites for hydroxylation is 2. The number of amides is 1. The van der Waals surface area contributed by atoms with Gasteiger partial charge in [0.25, 0.3) is 15.9 Å². The number of hydrogen-bond acceptors (Lipinski definition) is 4. The van der Waals surface area contributed by atoms with Gasteiger partial charge in [-0.1, -0.05) is 12.1 Å². The van der Waals surface area contributed by atoms with Crippen LogP contribution in [0.4, 0.5) is 5.69 Å². The normalized spacial score (nSPS) is 14.0. The maximum absolute atomic E-state index is 12.5. The molecule has 0 aromatic heterocycles. The monoisotopic (exact) mass is 371 g/mol. The minimum atomic E-state index is -3.71. The fourth-order valence-corrected chi connectivity index (χ4v) is 3.80. The molecule has 0 aliphatic carbocycles. The first-order chi connectivity index (χ1) is 12.3. The zero-order valence-electron chi connectivity index (χ0n) is 14.7. The van der Waals surface area contributed by atoms with E-state index in [1.165, 1.54) is 12.1 Å². The highest BCUT2D eigenvalue weighted by Gasteiger charge is 2.19. The van der Waals surface area contributed by atoms with Crippen molar-refractivity contribution in [2.75, 3.05) is 11.9 Å². The number of sulfonamides is 1. The number of hydrogen-bond donors (Lipinski definition) is 2. The van der Waals surface area contributed by atoms with E-state index in [1.54, 1.807) is 18.2 Å². The van der Waals surface area contributed by atoms with Crippen molar-refractivity contribution in [3.8, 4) is 0 Å². The van der Waals surface area contributed by atoms with Crippen LogP contribution >= 0.6 is 0 Å². The van der Waals surface area contributed by atoms with Crippen LogP contribution < -0.4 is 10.0 Å². The number of benzene rings is 2. The van der Waals surface area contributed by atoms with Crippen molar-refractivity contribution in [3.63, 3.8) is 0 Å². The lowest BCUT2D eigenvalue weighted by Gasteiger charge is -2.10. The standard InChI is InChI=1S/C19H21N3O3S/c1-13-8-9-15(11-14(13)2)19(23)21-16-5-3-6-17(12-16)26(24,25)22-18-7-4-10-20-18/h3,5-6,8-9,11-12H,4,7,10H2,1-2H3,(H,20,22)(H,21,23). The number of amidine groups is 1. The Bertz CT molecular complexity index is 981. The predicted molar refractivity (Wildman–Crippen MR) is 102 cm³/mol. The molecule has 6 nitrogen and oxygen atoms in total. The SMILES string of the molecule is Cc1ccc(C(=O)Nc2cccc(S(=O)(=O)NC3=NCCC3)c2)cc1C. The summed E-state index contributed by atoms with van der Waals surface area (Å²) < 4.78 is 27.5. The Kier molecular flexibility index (Phi) is 5.08. The van der Waals surface area contributed by atoms with Gasteiger partial charge in [-0.2, -0.15) is 0 Å². The van der Waals surface area contributed by atoms with Gasteiger partial charge >= 0.3 is 0 Å². The van der Waals surface area contributed by atoms with Gasteiger partial charge in [0.2, 0.25) is 0 Å². The average Bonchev–Trinajstić information content (AvgIpc) is 3.10. The minimum absolute atomic E-state index is 0.0880. The van der Waals surface area contributed by atoms with E-state index in [0.29, 0.717) is 30.1 Å². The first-order valence-corrected chi connectivity index (χ1v) is 9.88. The molecule has 136 valence electrons. The Labute approximate surface area is 153 Å². The second-order valence-electron chi connectivity index (χ2n) is 6.32. The van der Waals surface area contributed by atoms with Crippen molar-refractivity contribution in [2.24, 2.45) is 4.99 Å². The molecule has 2 aromatic rings. The van der Waals surface area contributed by atoms with E-state index in [9.17, 15) is 13.2 Å². The smallest absolute Gasteiger partial charge is 0.262 e. The Hall–Kier alpha value is -2.67. The van der Waals surface area contributed by atoms with Gasteiger partial charge < -0.3 is 5.32 Å². The molecule has 2 N–H and O–H groups in total. The van der Waals surface area contributed by atoms with Gasteiger partial charge in [-0.25, -0.2) is 8.42 Å². The first-order valence-electron chi connectivity index (χ1n) is 8.40. The van der Waals surface area contributed by atoms with Crippen LogP contribution in [0.15, 0.2) is 52.4 Å². The van der Waals surface area contributed by atoms with Crippen molar-refractivity contribution in [1.82, 2.24) is 4.72 Å². The van der Waals surface area contributed by atoms with Crippen LogP contribution in [0.1, 0.15) is 34.3 Å². The van der Waals surface area contributed by atoms with Crippen LogP contribution in [-0.2, 0) is 10.0 Å². The number of aliphatic imine (C=N–C) groups is 1.